The Bertz CT molecular complexity index is 1390. The molecule has 0 saturated heterocycles. The second-order valence-electron chi connectivity index (χ2n) is 10.2. The van der Waals surface area contributed by atoms with Gasteiger partial charge in [-0.2, -0.15) is 13.2 Å². The van der Waals surface area contributed by atoms with E-state index in [-0.39, 0.29) is 41.8 Å². The summed E-state index contributed by atoms with van der Waals surface area (Å²) in [6.45, 7) is 2.10. The van der Waals surface area contributed by atoms with Crippen LogP contribution >= 0.6 is 0 Å². The van der Waals surface area contributed by atoms with E-state index in [1.165, 1.54) is 19.5 Å². The van der Waals surface area contributed by atoms with Gasteiger partial charge in [0.1, 0.15) is 29.9 Å². The van der Waals surface area contributed by atoms with Crippen LogP contribution in [-0.2, 0) is 15.7 Å². The third-order valence-electron chi connectivity index (χ3n) is 7.14. The van der Waals surface area contributed by atoms with E-state index < -0.39 is 11.7 Å². The van der Waals surface area contributed by atoms with Crippen molar-refractivity contribution in [1.82, 2.24) is 25.6 Å². The summed E-state index contributed by atoms with van der Waals surface area (Å²) in [5.74, 6) is 0.130. The van der Waals surface area contributed by atoms with E-state index in [0.29, 0.717) is 53.4 Å². The van der Waals surface area contributed by atoms with Gasteiger partial charge in [0, 0.05) is 30.5 Å². The molecule has 3 aromatic rings. The summed E-state index contributed by atoms with van der Waals surface area (Å²) in [5.41, 5.74) is 1.05. The summed E-state index contributed by atoms with van der Waals surface area (Å²) in [6.07, 6.45) is 0.746. The number of ether oxygens (including phenoxy) is 2. The molecule has 2 aliphatic rings. The number of rotatable bonds is 9. The number of nitrogens with one attached hydrogen (secondary N) is 3. The lowest BCUT2D eigenvalue weighted by Gasteiger charge is -2.15. The first-order valence-electron chi connectivity index (χ1n) is 12.9. The molecule has 208 valence electrons. The number of alkyl halides is 3. The Labute approximate surface area is 222 Å². The average molecular weight is 546 g/mol. The minimum Gasteiger partial charge on any atom is -0.493 e. The zero-order chi connectivity index (χ0) is 27.7. The van der Waals surface area contributed by atoms with Gasteiger partial charge in [-0.15, -0.1) is 0 Å². The second kappa shape index (κ2) is 10.8. The van der Waals surface area contributed by atoms with E-state index in [2.05, 4.69) is 25.6 Å². The minimum absolute atomic E-state index is 0.0245. The zero-order valence-electron chi connectivity index (χ0n) is 21.7. The summed E-state index contributed by atoms with van der Waals surface area (Å²) in [7, 11) is 1.45. The predicted molar refractivity (Wildman–Crippen MR) is 136 cm³/mol. The average Bonchev–Trinajstić information content (AvgIpc) is 3.51. The molecule has 39 heavy (non-hydrogen) atoms. The lowest BCUT2D eigenvalue weighted by atomic mass is 10.0. The molecule has 0 spiro atoms. The van der Waals surface area contributed by atoms with Crippen molar-refractivity contribution >= 4 is 22.8 Å². The van der Waals surface area contributed by atoms with Gasteiger partial charge in [-0.25, -0.2) is 9.97 Å². The molecule has 2 atom stereocenters. The molecular formula is C27H30F3N5O4. The first-order valence-corrected chi connectivity index (χ1v) is 12.9. The highest BCUT2D eigenvalue weighted by atomic mass is 19.4. The van der Waals surface area contributed by atoms with Crippen LogP contribution < -0.4 is 15.4 Å². The van der Waals surface area contributed by atoms with Crippen molar-refractivity contribution in [2.24, 2.45) is 5.92 Å². The summed E-state index contributed by atoms with van der Waals surface area (Å²) < 4.78 is 51.5. The molecule has 1 aromatic carbocycles. The summed E-state index contributed by atoms with van der Waals surface area (Å²) in [5, 5.41) is 5.91. The van der Waals surface area contributed by atoms with E-state index >= 15 is 0 Å². The topological polar surface area (TPSA) is 118 Å². The van der Waals surface area contributed by atoms with Crippen molar-refractivity contribution in [3.05, 3.63) is 41.3 Å². The molecule has 0 radical (unpaired) electrons. The molecule has 12 heteroatoms. The standard InChI is InChI=1S/C27H30F3N5O4/c1-14-22(26(37)35-18-7-6-17(10-18)34-21(36)12-38-2)24-25(33-14)23(31-13-32-24)19-9-16(27(28,29)30)5-8-20(19)39-11-15-3-4-15/h5,8-9,13,15,17-18,33H,3-4,6-7,10-12H2,1-2H3,(H,34,36)(H,35,37). The van der Waals surface area contributed by atoms with Gasteiger partial charge in [0.25, 0.3) is 5.91 Å². The van der Waals surface area contributed by atoms with Crippen molar-refractivity contribution < 1.29 is 32.2 Å². The highest BCUT2D eigenvalue weighted by Gasteiger charge is 2.33. The van der Waals surface area contributed by atoms with Crippen molar-refractivity contribution in [3.8, 4) is 17.0 Å². The van der Waals surface area contributed by atoms with E-state index in [1.807, 2.05) is 0 Å². The Hall–Kier alpha value is -3.67. The number of aromatic nitrogens is 3. The van der Waals surface area contributed by atoms with E-state index in [4.69, 9.17) is 9.47 Å². The van der Waals surface area contributed by atoms with Crippen molar-refractivity contribution in [2.75, 3.05) is 20.3 Å². The Kier molecular flexibility index (Phi) is 7.48. The lowest BCUT2D eigenvalue weighted by Crippen LogP contribution is -2.38. The quantitative estimate of drug-likeness (QED) is 0.372. The van der Waals surface area contributed by atoms with Crippen molar-refractivity contribution in [2.45, 2.75) is 57.3 Å². The predicted octanol–water partition coefficient (Wildman–Crippen LogP) is 4.15. The first-order chi connectivity index (χ1) is 18.6. The third kappa shape index (κ3) is 6.00. The van der Waals surface area contributed by atoms with Gasteiger partial charge in [-0.3, -0.25) is 9.59 Å². The van der Waals surface area contributed by atoms with Crippen LogP contribution in [0.5, 0.6) is 5.75 Å². The first kappa shape index (κ1) is 26.9. The number of halogens is 3. The fraction of sp³-hybridized carbons (Fsp3) is 0.481. The fourth-order valence-electron chi connectivity index (χ4n) is 5.01. The number of nitrogens with zero attached hydrogens (tertiary/aromatic N) is 2. The normalized spacial score (nSPS) is 19.3. The number of aryl methyl sites for hydroxylation is 1. The van der Waals surface area contributed by atoms with Crippen LogP contribution in [0.1, 0.15) is 53.7 Å². The van der Waals surface area contributed by atoms with Gasteiger partial charge < -0.3 is 25.1 Å². The number of fused-ring (bicyclic) bond motifs is 1. The van der Waals surface area contributed by atoms with Crippen LogP contribution in [0, 0.1) is 12.8 Å². The number of carbonyl (C=O) groups excluding carboxylic acids is 2. The van der Waals surface area contributed by atoms with Gasteiger partial charge in [0.05, 0.1) is 23.3 Å². The number of H-pyrrole nitrogens is 1. The van der Waals surface area contributed by atoms with Crippen LogP contribution in [0.4, 0.5) is 13.2 Å². The molecule has 2 unspecified atom stereocenters. The van der Waals surface area contributed by atoms with Crippen molar-refractivity contribution in [1.29, 1.82) is 0 Å². The van der Waals surface area contributed by atoms with E-state index in [1.54, 1.807) is 6.92 Å². The molecule has 2 heterocycles. The number of amides is 2. The second-order valence-corrected chi connectivity index (χ2v) is 10.2. The Balaban J connectivity index is 1.42. The van der Waals surface area contributed by atoms with Gasteiger partial charge in [-0.05, 0) is 63.1 Å². The molecule has 0 bridgehead atoms. The number of hydrogen-bond acceptors (Lipinski definition) is 6. The molecule has 2 amide bonds. The molecule has 0 aliphatic heterocycles. The van der Waals surface area contributed by atoms with Crippen LogP contribution in [0.2, 0.25) is 0 Å². The van der Waals surface area contributed by atoms with Crippen LogP contribution in [0.15, 0.2) is 24.5 Å². The SMILES string of the molecule is COCC(=O)NC1CCC(NC(=O)c2c(C)[nH]c3c(-c4cc(C(F)(F)F)ccc4OCC4CC4)ncnc23)C1. The molecule has 2 aromatic heterocycles. The number of methoxy groups -OCH3 is 1. The lowest BCUT2D eigenvalue weighted by molar-refractivity contribution is -0.137. The summed E-state index contributed by atoms with van der Waals surface area (Å²) >= 11 is 0. The van der Waals surface area contributed by atoms with Crippen LogP contribution in [0.3, 0.4) is 0 Å². The number of carbonyl (C=O) groups is 2. The fourth-order valence-corrected chi connectivity index (χ4v) is 5.01. The van der Waals surface area contributed by atoms with Gasteiger partial charge in [0.15, 0.2) is 0 Å². The molecule has 2 aliphatic carbocycles. The highest BCUT2D eigenvalue weighted by Crippen LogP contribution is 2.40. The van der Waals surface area contributed by atoms with E-state index in [9.17, 15) is 22.8 Å². The Morgan fingerprint density at radius 3 is 2.54 bits per heavy atom. The third-order valence-corrected chi connectivity index (χ3v) is 7.14. The summed E-state index contributed by atoms with van der Waals surface area (Å²) in [6, 6.07) is 3.12. The van der Waals surface area contributed by atoms with E-state index in [0.717, 1.165) is 31.4 Å². The maximum atomic E-state index is 13.6. The monoisotopic (exact) mass is 545 g/mol. The van der Waals surface area contributed by atoms with Crippen LogP contribution in [0.25, 0.3) is 22.3 Å². The van der Waals surface area contributed by atoms with Gasteiger partial charge in [0.2, 0.25) is 5.91 Å². The highest BCUT2D eigenvalue weighted by molar-refractivity contribution is 6.09. The number of aromatic amines is 1. The molecule has 5 rings (SSSR count). The minimum atomic E-state index is -4.55. The molecule has 9 nitrogen and oxygen atoms in total. The molecule has 2 fully saturated rings. The van der Waals surface area contributed by atoms with Crippen LogP contribution in [-0.4, -0.2) is 59.2 Å². The number of benzene rings is 1. The Morgan fingerprint density at radius 2 is 1.85 bits per heavy atom. The largest absolute Gasteiger partial charge is 0.493 e. The molecule has 2 saturated carbocycles. The number of hydrogen-bond donors (Lipinski definition) is 3. The smallest absolute Gasteiger partial charge is 0.416 e. The zero-order valence-corrected chi connectivity index (χ0v) is 21.7. The summed E-state index contributed by atoms with van der Waals surface area (Å²) in [4.78, 5) is 36.9. The Morgan fingerprint density at radius 1 is 1.10 bits per heavy atom. The van der Waals surface area contributed by atoms with Gasteiger partial charge >= 0.3 is 6.18 Å². The molecule has 3 N–H and O–H groups in total. The van der Waals surface area contributed by atoms with Gasteiger partial charge in [-0.1, -0.05) is 0 Å². The van der Waals surface area contributed by atoms with Crippen molar-refractivity contribution in [3.63, 3.8) is 0 Å². The molecular weight excluding hydrogens is 515 g/mol. The maximum absolute atomic E-state index is 13.6. The maximum Gasteiger partial charge on any atom is 0.416 e.